The van der Waals surface area contributed by atoms with Crippen LogP contribution in [0.5, 0.6) is 0 Å². The number of amides is 1. The van der Waals surface area contributed by atoms with E-state index in [1.165, 1.54) is 11.1 Å². The molecule has 2 aromatic rings. The number of thioether (sulfide) groups is 1. The Bertz CT molecular complexity index is 566. The maximum Gasteiger partial charge on any atom is 0.234 e. The molecular formula is C19H23NOS. The van der Waals surface area contributed by atoms with Gasteiger partial charge in [0.05, 0.1) is 5.75 Å². The van der Waals surface area contributed by atoms with E-state index in [2.05, 4.69) is 48.6 Å². The van der Waals surface area contributed by atoms with E-state index in [0.717, 1.165) is 30.7 Å². The zero-order valence-electron chi connectivity index (χ0n) is 13.0. The fourth-order valence-corrected chi connectivity index (χ4v) is 2.96. The minimum atomic E-state index is 0.0777. The average molecular weight is 313 g/mol. The van der Waals surface area contributed by atoms with Crippen molar-refractivity contribution >= 4 is 23.4 Å². The first-order valence-electron chi connectivity index (χ1n) is 7.78. The third-order valence-corrected chi connectivity index (χ3v) is 4.52. The van der Waals surface area contributed by atoms with Crippen LogP contribution in [0.1, 0.15) is 24.5 Å². The summed E-state index contributed by atoms with van der Waals surface area (Å²) in [6.07, 6.45) is 3.20. The highest BCUT2D eigenvalue weighted by Crippen LogP contribution is 2.12. The molecule has 0 spiro atoms. The van der Waals surface area contributed by atoms with Gasteiger partial charge in [-0.2, -0.15) is 11.8 Å². The molecule has 0 atom stereocenters. The lowest BCUT2D eigenvalue weighted by molar-refractivity contribution is -0.113. The van der Waals surface area contributed by atoms with Crippen LogP contribution in [0.4, 0.5) is 5.69 Å². The molecule has 0 bridgehead atoms. The van der Waals surface area contributed by atoms with Crippen molar-refractivity contribution in [3.63, 3.8) is 0 Å². The monoisotopic (exact) mass is 313 g/mol. The number of anilines is 1. The van der Waals surface area contributed by atoms with Gasteiger partial charge in [-0.25, -0.2) is 0 Å². The lowest BCUT2D eigenvalue weighted by Crippen LogP contribution is -2.14. The Kier molecular flexibility index (Phi) is 7.04. The molecule has 0 aliphatic heterocycles. The van der Waals surface area contributed by atoms with Crippen LogP contribution in [0, 0.1) is 0 Å². The molecule has 2 aromatic carbocycles. The standard InChI is InChI=1S/C19H23NOS/c1-2-16-10-12-18(13-11-16)20-19(21)15-22-14-6-9-17-7-4-3-5-8-17/h3-5,7-8,10-13H,2,6,9,14-15H2,1H3,(H,20,21). The van der Waals surface area contributed by atoms with E-state index in [0.29, 0.717) is 5.75 Å². The van der Waals surface area contributed by atoms with E-state index in [-0.39, 0.29) is 5.91 Å². The summed E-state index contributed by atoms with van der Waals surface area (Å²) in [6.45, 7) is 2.12. The van der Waals surface area contributed by atoms with Gasteiger partial charge in [0.1, 0.15) is 0 Å². The summed E-state index contributed by atoms with van der Waals surface area (Å²) in [5.74, 6) is 1.61. The average Bonchev–Trinajstić information content (AvgIpc) is 2.56. The second kappa shape index (κ2) is 9.31. The van der Waals surface area contributed by atoms with E-state index in [9.17, 15) is 4.79 Å². The van der Waals surface area contributed by atoms with E-state index in [1.54, 1.807) is 11.8 Å². The molecule has 0 aliphatic carbocycles. The molecule has 0 unspecified atom stereocenters. The van der Waals surface area contributed by atoms with Crippen LogP contribution in [-0.2, 0) is 17.6 Å². The zero-order chi connectivity index (χ0) is 15.6. The van der Waals surface area contributed by atoms with Gasteiger partial charge in [0.25, 0.3) is 0 Å². The SMILES string of the molecule is CCc1ccc(NC(=O)CSCCCc2ccccc2)cc1. The van der Waals surface area contributed by atoms with Gasteiger partial charge in [-0.05, 0) is 48.3 Å². The van der Waals surface area contributed by atoms with Gasteiger partial charge >= 0.3 is 0 Å². The van der Waals surface area contributed by atoms with Gasteiger partial charge in [0.15, 0.2) is 0 Å². The van der Waals surface area contributed by atoms with Crippen LogP contribution in [-0.4, -0.2) is 17.4 Å². The Morgan fingerprint density at radius 1 is 1.00 bits per heavy atom. The summed E-state index contributed by atoms with van der Waals surface area (Å²) in [6, 6.07) is 18.5. The molecule has 2 nitrogen and oxygen atoms in total. The second-order valence-electron chi connectivity index (χ2n) is 5.24. The normalized spacial score (nSPS) is 10.4. The van der Waals surface area contributed by atoms with Crippen molar-refractivity contribution in [2.45, 2.75) is 26.2 Å². The summed E-state index contributed by atoms with van der Waals surface area (Å²) in [7, 11) is 0. The molecular weight excluding hydrogens is 290 g/mol. The molecule has 0 saturated heterocycles. The Hall–Kier alpha value is -1.74. The largest absolute Gasteiger partial charge is 0.325 e. The molecule has 2 rings (SSSR count). The molecule has 1 N–H and O–H groups in total. The predicted molar refractivity (Wildman–Crippen MR) is 96.5 cm³/mol. The molecule has 0 radical (unpaired) electrons. The maximum atomic E-state index is 11.9. The number of carbonyl (C=O) groups excluding carboxylic acids is 1. The third kappa shape index (κ3) is 5.94. The van der Waals surface area contributed by atoms with E-state index in [4.69, 9.17) is 0 Å². The van der Waals surface area contributed by atoms with Crippen molar-refractivity contribution < 1.29 is 4.79 Å². The van der Waals surface area contributed by atoms with E-state index in [1.807, 2.05) is 18.2 Å². The highest BCUT2D eigenvalue weighted by atomic mass is 32.2. The van der Waals surface area contributed by atoms with Gasteiger partial charge in [0, 0.05) is 5.69 Å². The Labute approximate surface area is 137 Å². The van der Waals surface area contributed by atoms with Crippen molar-refractivity contribution in [1.29, 1.82) is 0 Å². The fraction of sp³-hybridized carbons (Fsp3) is 0.316. The smallest absolute Gasteiger partial charge is 0.234 e. The Balaban J connectivity index is 1.61. The number of rotatable bonds is 8. The summed E-state index contributed by atoms with van der Waals surface area (Å²) >= 11 is 1.70. The first-order chi connectivity index (χ1) is 10.8. The summed E-state index contributed by atoms with van der Waals surface area (Å²) < 4.78 is 0. The topological polar surface area (TPSA) is 29.1 Å². The zero-order valence-corrected chi connectivity index (χ0v) is 13.9. The minimum absolute atomic E-state index is 0.0777. The molecule has 116 valence electrons. The van der Waals surface area contributed by atoms with Gasteiger partial charge in [0.2, 0.25) is 5.91 Å². The summed E-state index contributed by atoms with van der Waals surface area (Å²) in [4.78, 5) is 11.9. The molecule has 1 amide bonds. The van der Waals surface area contributed by atoms with Gasteiger partial charge in [-0.1, -0.05) is 49.4 Å². The molecule has 0 aliphatic rings. The highest BCUT2D eigenvalue weighted by Gasteiger charge is 2.02. The van der Waals surface area contributed by atoms with Crippen LogP contribution < -0.4 is 5.32 Å². The maximum absolute atomic E-state index is 11.9. The van der Waals surface area contributed by atoms with Crippen molar-refractivity contribution in [2.75, 3.05) is 16.8 Å². The summed E-state index contributed by atoms with van der Waals surface area (Å²) in [5, 5.41) is 2.94. The molecule has 0 fully saturated rings. The molecule has 22 heavy (non-hydrogen) atoms. The lowest BCUT2D eigenvalue weighted by atomic mass is 10.1. The Morgan fingerprint density at radius 3 is 2.41 bits per heavy atom. The molecule has 0 saturated carbocycles. The van der Waals surface area contributed by atoms with Gasteiger partial charge in [-0.3, -0.25) is 4.79 Å². The van der Waals surface area contributed by atoms with Crippen molar-refractivity contribution in [3.05, 3.63) is 65.7 Å². The lowest BCUT2D eigenvalue weighted by Gasteiger charge is -2.06. The van der Waals surface area contributed by atoms with Crippen LogP contribution >= 0.6 is 11.8 Å². The quantitative estimate of drug-likeness (QED) is 0.724. The Morgan fingerprint density at radius 2 is 1.73 bits per heavy atom. The van der Waals surface area contributed by atoms with Crippen LogP contribution in [0.2, 0.25) is 0 Å². The second-order valence-corrected chi connectivity index (χ2v) is 6.35. The molecule has 0 aromatic heterocycles. The molecule has 0 heterocycles. The number of benzene rings is 2. The number of nitrogens with one attached hydrogen (secondary N) is 1. The van der Waals surface area contributed by atoms with E-state index < -0.39 is 0 Å². The summed E-state index contributed by atoms with van der Waals surface area (Å²) in [5.41, 5.74) is 3.53. The number of carbonyl (C=O) groups is 1. The van der Waals surface area contributed by atoms with Crippen molar-refractivity contribution in [3.8, 4) is 0 Å². The van der Waals surface area contributed by atoms with Crippen molar-refractivity contribution in [1.82, 2.24) is 0 Å². The first-order valence-corrected chi connectivity index (χ1v) is 8.94. The number of aryl methyl sites for hydroxylation is 2. The fourth-order valence-electron chi connectivity index (χ4n) is 2.21. The van der Waals surface area contributed by atoms with Crippen molar-refractivity contribution in [2.24, 2.45) is 0 Å². The highest BCUT2D eigenvalue weighted by molar-refractivity contribution is 7.99. The number of hydrogen-bond acceptors (Lipinski definition) is 2. The van der Waals surface area contributed by atoms with Crippen LogP contribution in [0.3, 0.4) is 0 Å². The number of hydrogen-bond donors (Lipinski definition) is 1. The predicted octanol–water partition coefficient (Wildman–Crippen LogP) is 4.55. The van der Waals surface area contributed by atoms with Gasteiger partial charge in [-0.15, -0.1) is 0 Å². The minimum Gasteiger partial charge on any atom is -0.325 e. The first kappa shape index (κ1) is 16.6. The third-order valence-electron chi connectivity index (χ3n) is 3.48. The van der Waals surface area contributed by atoms with Gasteiger partial charge < -0.3 is 5.32 Å². The van der Waals surface area contributed by atoms with E-state index >= 15 is 0 Å². The van der Waals surface area contributed by atoms with Crippen LogP contribution in [0.25, 0.3) is 0 Å². The molecule has 3 heteroatoms. The van der Waals surface area contributed by atoms with Crippen LogP contribution in [0.15, 0.2) is 54.6 Å².